The highest BCUT2D eigenvalue weighted by atomic mass is 16.5. The van der Waals surface area contributed by atoms with Crippen LogP contribution in [0.1, 0.15) is 25.3 Å². The Labute approximate surface area is 124 Å². The van der Waals surface area contributed by atoms with Crippen molar-refractivity contribution in [2.75, 3.05) is 13.1 Å². The number of nitrogens with zero attached hydrogens (tertiary/aromatic N) is 3. The first-order valence-electron chi connectivity index (χ1n) is 7.06. The van der Waals surface area contributed by atoms with Crippen molar-refractivity contribution in [3.05, 3.63) is 35.7 Å². The summed E-state index contributed by atoms with van der Waals surface area (Å²) in [5, 5.41) is 6.69. The van der Waals surface area contributed by atoms with Crippen molar-refractivity contribution in [3.8, 4) is 11.4 Å². The van der Waals surface area contributed by atoms with E-state index in [-0.39, 0.29) is 12.6 Å². The minimum atomic E-state index is -0.130. The fraction of sp³-hybridized carbons (Fsp3) is 0.400. The molecular weight excluding hydrogens is 268 g/mol. The second kappa shape index (κ2) is 6.88. The van der Waals surface area contributed by atoms with Crippen LogP contribution >= 0.6 is 0 Å². The normalized spacial score (nSPS) is 10.4. The van der Waals surface area contributed by atoms with Gasteiger partial charge in [0.25, 0.3) is 0 Å². The summed E-state index contributed by atoms with van der Waals surface area (Å²) in [5.74, 6) is 0.924. The number of aryl methyl sites for hydroxylation is 1. The van der Waals surface area contributed by atoms with E-state index in [0.29, 0.717) is 24.8 Å². The predicted molar refractivity (Wildman–Crippen MR) is 79.6 cm³/mol. The van der Waals surface area contributed by atoms with Crippen LogP contribution < -0.4 is 5.32 Å². The molecule has 1 N–H and O–H groups in total. The molecule has 2 aromatic rings. The molecule has 0 aliphatic rings. The van der Waals surface area contributed by atoms with Gasteiger partial charge < -0.3 is 14.7 Å². The lowest BCUT2D eigenvalue weighted by molar-refractivity contribution is 0.201. The molecule has 2 amide bonds. The number of carbonyl (C=O) groups excluding carboxylic acids is 1. The minimum absolute atomic E-state index is 0.130. The minimum Gasteiger partial charge on any atom is -0.337 e. The zero-order valence-corrected chi connectivity index (χ0v) is 12.6. The Balaban J connectivity index is 1.97. The molecule has 0 bridgehead atoms. The molecule has 1 heterocycles. The molecular formula is C15H20N4O2. The largest absolute Gasteiger partial charge is 0.337 e. The number of rotatable bonds is 5. The van der Waals surface area contributed by atoms with Gasteiger partial charge in [0, 0.05) is 18.7 Å². The van der Waals surface area contributed by atoms with Crippen LogP contribution in [0.3, 0.4) is 0 Å². The van der Waals surface area contributed by atoms with E-state index in [1.54, 1.807) is 4.90 Å². The number of benzene rings is 1. The standard InChI is InChI=1S/C15H20N4O2/c1-4-19(5-2)15(20)16-10-13-17-14(18-21-13)12-8-6-11(3)7-9-12/h6-9H,4-5,10H2,1-3H3,(H,16,20). The third kappa shape index (κ3) is 3.81. The van der Waals surface area contributed by atoms with Crippen molar-refractivity contribution >= 4 is 6.03 Å². The lowest BCUT2D eigenvalue weighted by Gasteiger charge is -2.18. The first kappa shape index (κ1) is 15.0. The molecule has 0 unspecified atom stereocenters. The Bertz CT molecular complexity index is 588. The molecule has 0 aliphatic carbocycles. The third-order valence-corrected chi connectivity index (χ3v) is 3.22. The van der Waals surface area contributed by atoms with Gasteiger partial charge in [0.15, 0.2) is 0 Å². The lowest BCUT2D eigenvalue weighted by atomic mass is 10.1. The monoisotopic (exact) mass is 288 g/mol. The topological polar surface area (TPSA) is 71.3 Å². The summed E-state index contributed by atoms with van der Waals surface area (Å²) in [6.45, 7) is 7.46. The molecule has 0 spiro atoms. The molecule has 0 radical (unpaired) electrons. The highest BCUT2D eigenvalue weighted by Crippen LogP contribution is 2.16. The van der Waals surface area contributed by atoms with Crippen LogP contribution in [0.15, 0.2) is 28.8 Å². The van der Waals surface area contributed by atoms with Crippen LogP contribution in [-0.4, -0.2) is 34.2 Å². The SMILES string of the molecule is CCN(CC)C(=O)NCc1nc(-c2ccc(C)cc2)no1. The number of hydrogen-bond acceptors (Lipinski definition) is 4. The van der Waals surface area contributed by atoms with Gasteiger partial charge in [0.1, 0.15) is 0 Å². The maximum atomic E-state index is 11.8. The summed E-state index contributed by atoms with van der Waals surface area (Å²) < 4.78 is 5.15. The molecule has 1 aromatic carbocycles. The van der Waals surface area contributed by atoms with Crippen LogP contribution in [-0.2, 0) is 6.54 Å². The van der Waals surface area contributed by atoms with E-state index in [9.17, 15) is 4.79 Å². The fourth-order valence-corrected chi connectivity index (χ4v) is 1.92. The molecule has 0 aliphatic heterocycles. The van der Waals surface area contributed by atoms with Crippen LogP contribution in [0, 0.1) is 6.92 Å². The second-order valence-corrected chi connectivity index (χ2v) is 4.71. The van der Waals surface area contributed by atoms with Gasteiger partial charge in [-0.3, -0.25) is 0 Å². The first-order chi connectivity index (χ1) is 10.1. The molecule has 0 saturated heterocycles. The molecule has 21 heavy (non-hydrogen) atoms. The second-order valence-electron chi connectivity index (χ2n) is 4.71. The maximum absolute atomic E-state index is 11.8. The number of hydrogen-bond donors (Lipinski definition) is 1. The summed E-state index contributed by atoms with van der Waals surface area (Å²) in [4.78, 5) is 17.8. The average molecular weight is 288 g/mol. The molecule has 2 rings (SSSR count). The fourth-order valence-electron chi connectivity index (χ4n) is 1.92. The molecule has 6 heteroatoms. The van der Waals surface area contributed by atoms with Crippen LogP contribution in [0.4, 0.5) is 4.79 Å². The molecule has 1 aromatic heterocycles. The Hall–Kier alpha value is -2.37. The number of nitrogens with one attached hydrogen (secondary N) is 1. The van der Waals surface area contributed by atoms with E-state index in [2.05, 4.69) is 15.5 Å². The third-order valence-electron chi connectivity index (χ3n) is 3.22. The van der Waals surface area contributed by atoms with Crippen molar-refractivity contribution in [3.63, 3.8) is 0 Å². The molecule has 0 atom stereocenters. The van der Waals surface area contributed by atoms with Gasteiger partial charge in [-0.1, -0.05) is 35.0 Å². The van der Waals surface area contributed by atoms with Crippen LogP contribution in [0.2, 0.25) is 0 Å². The smallest absolute Gasteiger partial charge is 0.317 e. The number of amides is 2. The van der Waals surface area contributed by atoms with Gasteiger partial charge in [-0.25, -0.2) is 4.79 Å². The van der Waals surface area contributed by atoms with Gasteiger partial charge >= 0.3 is 6.03 Å². The Kier molecular flexibility index (Phi) is 4.92. The molecule has 0 saturated carbocycles. The van der Waals surface area contributed by atoms with Crippen LogP contribution in [0.5, 0.6) is 0 Å². The summed E-state index contributed by atoms with van der Waals surface area (Å²) >= 11 is 0. The first-order valence-corrected chi connectivity index (χ1v) is 7.06. The van der Waals surface area contributed by atoms with Gasteiger partial charge in [0.2, 0.25) is 11.7 Å². The van der Waals surface area contributed by atoms with Gasteiger partial charge in [-0.15, -0.1) is 0 Å². The van der Waals surface area contributed by atoms with E-state index < -0.39 is 0 Å². The summed E-state index contributed by atoms with van der Waals surface area (Å²) in [6, 6.07) is 7.74. The van der Waals surface area contributed by atoms with Crippen molar-refractivity contribution in [1.29, 1.82) is 0 Å². The van der Waals surface area contributed by atoms with Crippen molar-refractivity contribution < 1.29 is 9.32 Å². The Morgan fingerprint density at radius 2 is 1.90 bits per heavy atom. The Morgan fingerprint density at radius 1 is 1.24 bits per heavy atom. The summed E-state index contributed by atoms with van der Waals surface area (Å²) in [5.41, 5.74) is 2.07. The average Bonchev–Trinajstić information content (AvgIpc) is 2.96. The molecule has 0 fully saturated rings. The molecule has 6 nitrogen and oxygen atoms in total. The highest BCUT2D eigenvalue weighted by molar-refractivity contribution is 5.73. The Morgan fingerprint density at radius 3 is 2.52 bits per heavy atom. The van der Waals surface area contributed by atoms with E-state index in [0.717, 1.165) is 5.56 Å². The van der Waals surface area contributed by atoms with E-state index in [1.807, 2.05) is 45.0 Å². The van der Waals surface area contributed by atoms with Crippen LogP contribution in [0.25, 0.3) is 11.4 Å². The van der Waals surface area contributed by atoms with E-state index in [4.69, 9.17) is 4.52 Å². The quantitative estimate of drug-likeness (QED) is 0.918. The predicted octanol–water partition coefficient (Wildman–Crippen LogP) is 2.60. The van der Waals surface area contributed by atoms with E-state index in [1.165, 1.54) is 5.56 Å². The zero-order valence-electron chi connectivity index (χ0n) is 12.6. The lowest BCUT2D eigenvalue weighted by Crippen LogP contribution is -2.39. The molecule has 112 valence electrons. The number of urea groups is 1. The van der Waals surface area contributed by atoms with Gasteiger partial charge in [0.05, 0.1) is 6.54 Å². The van der Waals surface area contributed by atoms with Crippen molar-refractivity contribution in [2.24, 2.45) is 0 Å². The van der Waals surface area contributed by atoms with E-state index >= 15 is 0 Å². The van der Waals surface area contributed by atoms with Gasteiger partial charge in [-0.2, -0.15) is 4.98 Å². The van der Waals surface area contributed by atoms with Gasteiger partial charge in [-0.05, 0) is 20.8 Å². The van der Waals surface area contributed by atoms with Crippen molar-refractivity contribution in [2.45, 2.75) is 27.3 Å². The number of aromatic nitrogens is 2. The maximum Gasteiger partial charge on any atom is 0.317 e. The highest BCUT2D eigenvalue weighted by Gasteiger charge is 2.12. The number of carbonyl (C=O) groups is 1. The van der Waals surface area contributed by atoms with Crippen molar-refractivity contribution in [1.82, 2.24) is 20.4 Å². The summed E-state index contributed by atoms with van der Waals surface area (Å²) in [6.07, 6.45) is 0. The zero-order chi connectivity index (χ0) is 15.2. The summed E-state index contributed by atoms with van der Waals surface area (Å²) in [7, 11) is 0.